The normalized spacial score (nSPS) is 14.3. The van der Waals surface area contributed by atoms with Gasteiger partial charge in [-0.2, -0.15) is 0 Å². The Hall–Kier alpha value is -3.05. The Morgan fingerprint density at radius 3 is 2.57 bits per heavy atom. The summed E-state index contributed by atoms with van der Waals surface area (Å²) in [6, 6.07) is 21.8. The topological polar surface area (TPSA) is 43.8 Å². The molecule has 1 fully saturated rings. The fourth-order valence-electron chi connectivity index (χ4n) is 3.23. The van der Waals surface area contributed by atoms with Gasteiger partial charge in [-0.3, -0.25) is 9.88 Å². The second-order valence-electron chi connectivity index (χ2n) is 6.87. The van der Waals surface area contributed by atoms with Crippen molar-refractivity contribution in [1.29, 1.82) is 0 Å². The minimum atomic E-state index is 0.218. The molecule has 1 aliphatic heterocycles. The van der Waals surface area contributed by atoms with Crippen LogP contribution in [0.2, 0.25) is 0 Å². The number of ether oxygens (including phenoxy) is 3. The number of hydrogen-bond acceptors (Lipinski definition) is 5. The SMILES string of the molecule is COc1cccc(OC2CN(Cc3cccc(OCc4ccccn4)c3)C2)c1. The lowest BCUT2D eigenvalue weighted by molar-refractivity contribution is 0.0144. The molecule has 0 unspecified atom stereocenters. The van der Waals surface area contributed by atoms with Crippen molar-refractivity contribution in [1.82, 2.24) is 9.88 Å². The van der Waals surface area contributed by atoms with Crippen LogP contribution in [0.1, 0.15) is 11.3 Å². The zero-order valence-electron chi connectivity index (χ0n) is 16.0. The van der Waals surface area contributed by atoms with Crippen LogP contribution in [0, 0.1) is 0 Å². The van der Waals surface area contributed by atoms with E-state index in [1.807, 2.05) is 54.6 Å². The van der Waals surface area contributed by atoms with E-state index in [1.54, 1.807) is 13.3 Å². The lowest BCUT2D eigenvalue weighted by atomic mass is 10.1. The van der Waals surface area contributed by atoms with Crippen LogP contribution in [0.15, 0.2) is 72.9 Å². The second kappa shape index (κ2) is 8.76. The Bertz CT molecular complexity index is 895. The largest absolute Gasteiger partial charge is 0.497 e. The Balaban J connectivity index is 1.25. The first-order valence-corrected chi connectivity index (χ1v) is 9.43. The zero-order valence-corrected chi connectivity index (χ0v) is 16.0. The van der Waals surface area contributed by atoms with E-state index in [0.29, 0.717) is 6.61 Å². The van der Waals surface area contributed by atoms with Gasteiger partial charge in [-0.15, -0.1) is 0 Å². The first-order chi connectivity index (χ1) is 13.8. The van der Waals surface area contributed by atoms with Crippen molar-refractivity contribution in [2.24, 2.45) is 0 Å². The van der Waals surface area contributed by atoms with E-state index in [9.17, 15) is 0 Å². The maximum atomic E-state index is 6.02. The predicted molar refractivity (Wildman–Crippen MR) is 108 cm³/mol. The Morgan fingerprint density at radius 2 is 1.75 bits per heavy atom. The van der Waals surface area contributed by atoms with Crippen LogP contribution in [0.4, 0.5) is 0 Å². The van der Waals surface area contributed by atoms with Gasteiger partial charge in [0.15, 0.2) is 0 Å². The molecular formula is C23H24N2O3. The van der Waals surface area contributed by atoms with Gasteiger partial charge in [-0.05, 0) is 42.0 Å². The summed E-state index contributed by atoms with van der Waals surface area (Å²) in [4.78, 5) is 6.65. The van der Waals surface area contributed by atoms with Crippen LogP contribution in [0.5, 0.6) is 17.2 Å². The molecule has 1 saturated heterocycles. The molecule has 0 N–H and O–H groups in total. The van der Waals surface area contributed by atoms with E-state index in [-0.39, 0.29) is 6.10 Å². The number of hydrogen-bond donors (Lipinski definition) is 0. The monoisotopic (exact) mass is 376 g/mol. The third-order valence-electron chi connectivity index (χ3n) is 4.69. The van der Waals surface area contributed by atoms with Crippen LogP contribution in [0.3, 0.4) is 0 Å². The predicted octanol–water partition coefficient (Wildman–Crippen LogP) is 3.93. The molecule has 1 aliphatic rings. The van der Waals surface area contributed by atoms with E-state index in [2.05, 4.69) is 22.0 Å². The summed E-state index contributed by atoms with van der Waals surface area (Å²) < 4.78 is 17.1. The molecule has 2 heterocycles. The lowest BCUT2D eigenvalue weighted by Crippen LogP contribution is -2.53. The second-order valence-corrected chi connectivity index (χ2v) is 6.87. The molecule has 144 valence electrons. The molecular weight excluding hydrogens is 352 g/mol. The summed E-state index contributed by atoms with van der Waals surface area (Å²) in [7, 11) is 1.67. The molecule has 5 nitrogen and oxygen atoms in total. The standard InChI is InChI=1S/C23H24N2O3/c1-26-20-8-5-10-22(13-20)28-23-15-25(16-23)14-18-6-4-9-21(12-18)27-17-19-7-2-3-11-24-19/h2-13,23H,14-17H2,1H3. The van der Waals surface area contributed by atoms with Gasteiger partial charge in [0, 0.05) is 31.9 Å². The molecule has 0 atom stereocenters. The molecule has 0 saturated carbocycles. The maximum Gasteiger partial charge on any atom is 0.130 e. The molecule has 0 bridgehead atoms. The zero-order chi connectivity index (χ0) is 19.2. The van der Waals surface area contributed by atoms with Crippen LogP contribution in [-0.2, 0) is 13.2 Å². The van der Waals surface area contributed by atoms with Crippen molar-refractivity contribution >= 4 is 0 Å². The third kappa shape index (κ3) is 4.81. The molecule has 0 amide bonds. The number of rotatable bonds is 8. The lowest BCUT2D eigenvalue weighted by Gasteiger charge is -2.39. The number of likely N-dealkylation sites (tertiary alicyclic amines) is 1. The average molecular weight is 376 g/mol. The van der Waals surface area contributed by atoms with Crippen molar-refractivity contribution in [3.63, 3.8) is 0 Å². The molecule has 5 heteroatoms. The van der Waals surface area contributed by atoms with Gasteiger partial charge < -0.3 is 14.2 Å². The Morgan fingerprint density at radius 1 is 0.929 bits per heavy atom. The van der Waals surface area contributed by atoms with Crippen molar-refractivity contribution in [3.8, 4) is 17.2 Å². The third-order valence-corrected chi connectivity index (χ3v) is 4.69. The summed E-state index contributed by atoms with van der Waals surface area (Å²) in [5.41, 5.74) is 2.16. The highest BCUT2D eigenvalue weighted by atomic mass is 16.5. The molecule has 3 aromatic rings. The molecule has 28 heavy (non-hydrogen) atoms. The number of benzene rings is 2. The van der Waals surface area contributed by atoms with E-state index in [1.165, 1.54) is 5.56 Å². The van der Waals surface area contributed by atoms with E-state index < -0.39 is 0 Å². The summed E-state index contributed by atoms with van der Waals surface area (Å²) in [5, 5.41) is 0. The number of pyridine rings is 1. The van der Waals surface area contributed by atoms with Crippen LogP contribution >= 0.6 is 0 Å². The fraction of sp³-hybridized carbons (Fsp3) is 0.261. The van der Waals surface area contributed by atoms with Gasteiger partial charge in [-0.25, -0.2) is 0 Å². The van der Waals surface area contributed by atoms with Gasteiger partial charge in [0.2, 0.25) is 0 Å². The minimum absolute atomic E-state index is 0.218. The summed E-state index contributed by atoms with van der Waals surface area (Å²) in [5.74, 6) is 2.54. The molecule has 4 rings (SSSR count). The first-order valence-electron chi connectivity index (χ1n) is 9.43. The molecule has 2 aromatic carbocycles. The van der Waals surface area contributed by atoms with Gasteiger partial charge >= 0.3 is 0 Å². The minimum Gasteiger partial charge on any atom is -0.497 e. The number of methoxy groups -OCH3 is 1. The average Bonchev–Trinajstić information content (AvgIpc) is 2.72. The quantitative estimate of drug-likeness (QED) is 0.596. The molecule has 1 aromatic heterocycles. The van der Waals surface area contributed by atoms with Crippen molar-refractivity contribution in [2.45, 2.75) is 19.3 Å². The van der Waals surface area contributed by atoms with Crippen LogP contribution in [0.25, 0.3) is 0 Å². The van der Waals surface area contributed by atoms with Gasteiger partial charge in [0.1, 0.15) is 30.0 Å². The fourth-order valence-corrected chi connectivity index (χ4v) is 3.23. The number of nitrogens with zero attached hydrogens (tertiary/aromatic N) is 2. The van der Waals surface area contributed by atoms with Crippen LogP contribution in [-0.4, -0.2) is 36.2 Å². The van der Waals surface area contributed by atoms with Crippen molar-refractivity contribution in [3.05, 3.63) is 84.2 Å². The first kappa shape index (κ1) is 18.3. The van der Waals surface area contributed by atoms with E-state index in [4.69, 9.17) is 14.2 Å². The van der Waals surface area contributed by atoms with Crippen LogP contribution < -0.4 is 14.2 Å². The van der Waals surface area contributed by atoms with Crippen molar-refractivity contribution < 1.29 is 14.2 Å². The summed E-state index contributed by atoms with van der Waals surface area (Å²) in [6.45, 7) is 3.19. The highest BCUT2D eigenvalue weighted by Gasteiger charge is 2.28. The Labute approximate surface area is 165 Å². The summed E-state index contributed by atoms with van der Waals surface area (Å²) in [6.07, 6.45) is 2.00. The smallest absolute Gasteiger partial charge is 0.130 e. The van der Waals surface area contributed by atoms with Gasteiger partial charge in [0.25, 0.3) is 0 Å². The molecule has 0 spiro atoms. The summed E-state index contributed by atoms with van der Waals surface area (Å²) >= 11 is 0. The Kier molecular flexibility index (Phi) is 5.73. The molecule has 0 aliphatic carbocycles. The van der Waals surface area contributed by atoms with Gasteiger partial charge in [0.05, 0.1) is 12.8 Å². The molecule has 0 radical (unpaired) electrons. The maximum absolute atomic E-state index is 6.02. The highest BCUT2D eigenvalue weighted by Crippen LogP contribution is 2.24. The van der Waals surface area contributed by atoms with Crippen molar-refractivity contribution in [2.75, 3.05) is 20.2 Å². The highest BCUT2D eigenvalue weighted by molar-refractivity contribution is 5.33. The number of aromatic nitrogens is 1. The van der Waals surface area contributed by atoms with Gasteiger partial charge in [-0.1, -0.05) is 24.3 Å². The van der Waals surface area contributed by atoms with E-state index >= 15 is 0 Å². The van der Waals surface area contributed by atoms with E-state index in [0.717, 1.165) is 42.6 Å².